The zero-order valence-corrected chi connectivity index (χ0v) is 18.1. The van der Waals surface area contributed by atoms with Crippen LogP contribution in [0.15, 0.2) is 77.3 Å². The van der Waals surface area contributed by atoms with Crippen LogP contribution in [0.3, 0.4) is 0 Å². The third kappa shape index (κ3) is 4.15. The molecule has 0 fully saturated rings. The quantitative estimate of drug-likeness (QED) is 0.314. The minimum atomic E-state index is -1.15. The molecule has 160 valence electrons. The summed E-state index contributed by atoms with van der Waals surface area (Å²) in [6.07, 6.45) is 0.00578. The summed E-state index contributed by atoms with van der Waals surface area (Å²) < 4.78 is 0.832. The lowest BCUT2D eigenvalue weighted by Crippen LogP contribution is -2.48. The van der Waals surface area contributed by atoms with Crippen molar-refractivity contribution in [1.29, 1.82) is 0 Å². The number of hydrogen-bond donors (Lipinski definition) is 1. The Balaban J connectivity index is 1.67. The molecule has 1 N–H and O–H groups in total. The molecule has 32 heavy (non-hydrogen) atoms. The fraction of sp³-hybridized carbons (Fsp3) is 0.0870. The topological polar surface area (TPSA) is 110 Å². The van der Waals surface area contributed by atoms with E-state index in [0.717, 1.165) is 9.37 Å². The van der Waals surface area contributed by atoms with Crippen molar-refractivity contribution in [1.82, 2.24) is 4.90 Å². The number of anilines is 1. The molecule has 0 bridgehead atoms. The first-order valence-corrected chi connectivity index (χ1v) is 10.4. The van der Waals surface area contributed by atoms with E-state index in [9.17, 15) is 24.5 Å². The van der Waals surface area contributed by atoms with E-state index in [0.29, 0.717) is 11.3 Å². The van der Waals surface area contributed by atoms with E-state index < -0.39 is 28.7 Å². The van der Waals surface area contributed by atoms with E-state index in [2.05, 4.69) is 21.2 Å². The number of fused-ring (bicyclic) bond motifs is 1. The summed E-state index contributed by atoms with van der Waals surface area (Å²) in [5.41, 5.74) is 1.46. The van der Waals surface area contributed by atoms with Crippen LogP contribution in [-0.4, -0.2) is 33.6 Å². The number of nitro groups is 1. The maximum Gasteiger partial charge on any atom is 0.269 e. The van der Waals surface area contributed by atoms with Gasteiger partial charge in [-0.1, -0.05) is 40.2 Å². The van der Waals surface area contributed by atoms with E-state index in [1.807, 2.05) is 0 Å². The van der Waals surface area contributed by atoms with Crippen molar-refractivity contribution in [3.8, 4) is 0 Å². The number of nitrogens with one attached hydrogen (secondary N) is 1. The van der Waals surface area contributed by atoms with E-state index in [-0.39, 0.29) is 23.2 Å². The molecule has 1 aliphatic rings. The Kier molecular flexibility index (Phi) is 5.83. The molecule has 0 radical (unpaired) electrons. The summed E-state index contributed by atoms with van der Waals surface area (Å²) in [7, 11) is 0. The minimum absolute atomic E-state index is 0.00578. The first kappa shape index (κ1) is 21.4. The molecule has 1 atom stereocenters. The van der Waals surface area contributed by atoms with Gasteiger partial charge in [0.15, 0.2) is 0 Å². The Bertz CT molecular complexity index is 1190. The molecule has 3 aromatic rings. The molecule has 9 heteroatoms. The highest BCUT2D eigenvalue weighted by atomic mass is 79.9. The fourth-order valence-electron chi connectivity index (χ4n) is 3.53. The standard InChI is InChI=1S/C23H16BrN3O5/c24-15-7-9-16(10-8-15)25-21(28)20(13-14-5-11-17(12-6-14)27(31)32)26-22(29)18-3-1-2-4-19(18)23(26)30/h1-12,20H,13H2,(H,25,28)/t20-/m1/s1. The number of hydrogen-bond acceptors (Lipinski definition) is 5. The molecule has 1 aliphatic heterocycles. The molecule has 0 unspecified atom stereocenters. The average Bonchev–Trinajstić information content (AvgIpc) is 3.04. The number of halogens is 1. The van der Waals surface area contributed by atoms with Crippen LogP contribution in [0.5, 0.6) is 0 Å². The number of carbonyl (C=O) groups excluding carboxylic acids is 3. The third-order valence-electron chi connectivity index (χ3n) is 5.13. The molecule has 0 spiro atoms. The summed E-state index contributed by atoms with van der Waals surface area (Å²) in [5.74, 6) is -1.65. The highest BCUT2D eigenvalue weighted by molar-refractivity contribution is 9.10. The summed E-state index contributed by atoms with van der Waals surface area (Å²) in [5, 5.41) is 13.7. The second-order valence-electron chi connectivity index (χ2n) is 7.17. The lowest BCUT2D eigenvalue weighted by molar-refractivity contribution is -0.384. The zero-order chi connectivity index (χ0) is 22.8. The van der Waals surface area contributed by atoms with Crippen LogP contribution < -0.4 is 5.32 Å². The lowest BCUT2D eigenvalue weighted by atomic mass is 10.0. The van der Waals surface area contributed by atoms with Crippen LogP contribution in [-0.2, 0) is 11.2 Å². The largest absolute Gasteiger partial charge is 0.324 e. The van der Waals surface area contributed by atoms with Gasteiger partial charge in [-0.05, 0) is 42.0 Å². The van der Waals surface area contributed by atoms with Crippen LogP contribution >= 0.6 is 15.9 Å². The summed E-state index contributed by atoms with van der Waals surface area (Å²) in [6, 6.07) is 17.8. The minimum Gasteiger partial charge on any atom is -0.324 e. The van der Waals surface area contributed by atoms with Gasteiger partial charge < -0.3 is 5.32 Å². The number of nitrogens with zero attached hydrogens (tertiary/aromatic N) is 2. The molecular formula is C23H16BrN3O5. The van der Waals surface area contributed by atoms with E-state index in [1.54, 1.807) is 48.5 Å². The summed E-state index contributed by atoms with van der Waals surface area (Å²) in [6.45, 7) is 0. The Morgan fingerprint density at radius 3 is 2.03 bits per heavy atom. The normalized spacial score (nSPS) is 13.6. The molecule has 4 rings (SSSR count). The monoisotopic (exact) mass is 493 g/mol. The van der Waals surface area contributed by atoms with Gasteiger partial charge >= 0.3 is 0 Å². The average molecular weight is 494 g/mol. The van der Waals surface area contributed by atoms with Crippen LogP contribution in [0.25, 0.3) is 0 Å². The fourth-order valence-corrected chi connectivity index (χ4v) is 3.79. The van der Waals surface area contributed by atoms with Gasteiger partial charge in [0.2, 0.25) is 5.91 Å². The predicted octanol–water partition coefficient (Wildman–Crippen LogP) is 4.20. The van der Waals surface area contributed by atoms with Gasteiger partial charge in [-0.3, -0.25) is 29.4 Å². The van der Waals surface area contributed by atoms with Crippen molar-refractivity contribution in [3.63, 3.8) is 0 Å². The highest BCUT2D eigenvalue weighted by Gasteiger charge is 2.42. The predicted molar refractivity (Wildman–Crippen MR) is 120 cm³/mol. The number of non-ortho nitro benzene ring substituents is 1. The molecule has 0 saturated carbocycles. The highest BCUT2D eigenvalue weighted by Crippen LogP contribution is 2.27. The Hall–Kier alpha value is -3.85. The molecule has 0 saturated heterocycles. The van der Waals surface area contributed by atoms with Crippen LogP contribution in [0, 0.1) is 10.1 Å². The number of nitro benzene ring substituents is 1. The van der Waals surface area contributed by atoms with Gasteiger partial charge in [0.25, 0.3) is 17.5 Å². The van der Waals surface area contributed by atoms with Crippen molar-refractivity contribution in [2.75, 3.05) is 5.32 Å². The maximum atomic E-state index is 13.2. The maximum absolute atomic E-state index is 13.2. The van der Waals surface area contributed by atoms with Crippen molar-refractivity contribution in [2.24, 2.45) is 0 Å². The van der Waals surface area contributed by atoms with Crippen molar-refractivity contribution < 1.29 is 19.3 Å². The van der Waals surface area contributed by atoms with E-state index in [4.69, 9.17) is 0 Å². The van der Waals surface area contributed by atoms with Gasteiger partial charge in [-0.2, -0.15) is 0 Å². The number of benzene rings is 3. The van der Waals surface area contributed by atoms with Crippen LogP contribution in [0.1, 0.15) is 26.3 Å². The van der Waals surface area contributed by atoms with Crippen molar-refractivity contribution >= 4 is 45.0 Å². The van der Waals surface area contributed by atoms with Gasteiger partial charge in [-0.15, -0.1) is 0 Å². The van der Waals surface area contributed by atoms with Crippen LogP contribution in [0.2, 0.25) is 0 Å². The number of imide groups is 1. The number of carbonyl (C=O) groups is 3. The van der Waals surface area contributed by atoms with E-state index >= 15 is 0 Å². The number of rotatable bonds is 6. The second-order valence-corrected chi connectivity index (χ2v) is 8.08. The molecular weight excluding hydrogens is 478 g/mol. The van der Waals surface area contributed by atoms with E-state index in [1.165, 1.54) is 24.3 Å². The molecule has 1 heterocycles. The summed E-state index contributed by atoms with van der Waals surface area (Å²) in [4.78, 5) is 50.6. The van der Waals surface area contributed by atoms with Gasteiger partial charge in [-0.25, -0.2) is 0 Å². The van der Waals surface area contributed by atoms with Crippen molar-refractivity contribution in [3.05, 3.63) is 104 Å². The molecule has 8 nitrogen and oxygen atoms in total. The Labute approximate surface area is 191 Å². The first-order valence-electron chi connectivity index (χ1n) is 9.62. The molecule has 3 aromatic carbocycles. The lowest BCUT2D eigenvalue weighted by Gasteiger charge is -2.25. The number of amides is 3. The van der Waals surface area contributed by atoms with Gasteiger partial charge in [0.05, 0.1) is 16.1 Å². The third-order valence-corrected chi connectivity index (χ3v) is 5.66. The Morgan fingerprint density at radius 1 is 0.938 bits per heavy atom. The zero-order valence-electron chi connectivity index (χ0n) is 16.5. The SMILES string of the molecule is O=C(Nc1ccc(Br)cc1)[C@@H](Cc1ccc([N+](=O)[O-])cc1)N1C(=O)c2ccccc2C1=O. The smallest absolute Gasteiger partial charge is 0.269 e. The van der Waals surface area contributed by atoms with Gasteiger partial charge in [0, 0.05) is 28.7 Å². The Morgan fingerprint density at radius 2 is 1.50 bits per heavy atom. The molecule has 0 aromatic heterocycles. The molecule has 0 aliphatic carbocycles. The molecule has 3 amide bonds. The van der Waals surface area contributed by atoms with Crippen LogP contribution in [0.4, 0.5) is 11.4 Å². The first-order chi connectivity index (χ1) is 15.3. The van der Waals surface area contributed by atoms with Crippen molar-refractivity contribution in [2.45, 2.75) is 12.5 Å². The van der Waals surface area contributed by atoms with Gasteiger partial charge in [0.1, 0.15) is 6.04 Å². The second kappa shape index (κ2) is 8.72. The summed E-state index contributed by atoms with van der Waals surface area (Å²) >= 11 is 3.33.